The van der Waals surface area contributed by atoms with Gasteiger partial charge in [0, 0.05) is 19.6 Å². The summed E-state index contributed by atoms with van der Waals surface area (Å²) in [6.07, 6.45) is 0. The fraction of sp³-hybridized carbons (Fsp3) is 0.667. The van der Waals surface area contributed by atoms with Crippen LogP contribution in [0.3, 0.4) is 0 Å². The lowest BCUT2D eigenvalue weighted by molar-refractivity contribution is 0.122. The predicted molar refractivity (Wildman–Crippen MR) is 62.0 cm³/mol. The average molecular weight is 244 g/mol. The number of hydrogen-bond donors (Lipinski definition) is 1. The Morgan fingerprint density at radius 2 is 2.06 bits per heavy atom. The van der Waals surface area contributed by atoms with Crippen molar-refractivity contribution in [2.75, 3.05) is 43.1 Å². The summed E-state index contributed by atoms with van der Waals surface area (Å²) in [6, 6.07) is 0. The summed E-state index contributed by atoms with van der Waals surface area (Å²) >= 11 is 5.84. The third-order valence-electron chi connectivity index (χ3n) is 2.23. The molecule has 2 heterocycles. The molecule has 6 nitrogen and oxygen atoms in total. The van der Waals surface area contributed by atoms with E-state index in [2.05, 4.69) is 20.3 Å². The first-order valence-electron chi connectivity index (χ1n) is 5.27. The Hall–Kier alpha value is -1.14. The molecule has 0 spiro atoms. The summed E-state index contributed by atoms with van der Waals surface area (Å²) in [7, 11) is 0. The quantitative estimate of drug-likeness (QED) is 0.847. The molecule has 1 aromatic rings. The Bertz CT molecular complexity index is 356. The zero-order valence-corrected chi connectivity index (χ0v) is 9.87. The van der Waals surface area contributed by atoms with Gasteiger partial charge in [-0.2, -0.15) is 15.0 Å². The molecule has 2 rings (SSSR count). The van der Waals surface area contributed by atoms with Crippen LogP contribution in [0.15, 0.2) is 0 Å². The third-order valence-corrected chi connectivity index (χ3v) is 2.39. The molecule has 0 saturated carbocycles. The Balaban J connectivity index is 2.18. The molecular formula is C9H14ClN5O. The average Bonchev–Trinajstić information content (AvgIpc) is 2.30. The number of nitrogens with zero attached hydrogens (tertiary/aromatic N) is 4. The van der Waals surface area contributed by atoms with Crippen molar-refractivity contribution >= 4 is 23.5 Å². The van der Waals surface area contributed by atoms with Crippen molar-refractivity contribution in [2.45, 2.75) is 6.92 Å². The van der Waals surface area contributed by atoms with Crippen LogP contribution in [0, 0.1) is 0 Å². The predicted octanol–water partition coefficient (Wildman–Crippen LogP) is 0.793. The zero-order chi connectivity index (χ0) is 11.4. The number of nitrogens with one attached hydrogen (secondary N) is 1. The monoisotopic (exact) mass is 243 g/mol. The molecule has 1 saturated heterocycles. The lowest BCUT2D eigenvalue weighted by Crippen LogP contribution is -2.37. The second kappa shape index (κ2) is 5.27. The summed E-state index contributed by atoms with van der Waals surface area (Å²) in [5.74, 6) is 1.13. The van der Waals surface area contributed by atoms with Crippen LogP contribution < -0.4 is 10.2 Å². The minimum atomic E-state index is 0.215. The molecule has 16 heavy (non-hydrogen) atoms. The van der Waals surface area contributed by atoms with Crippen molar-refractivity contribution in [3.05, 3.63) is 5.28 Å². The lowest BCUT2D eigenvalue weighted by atomic mass is 10.4. The van der Waals surface area contributed by atoms with Gasteiger partial charge in [-0.05, 0) is 18.5 Å². The van der Waals surface area contributed by atoms with Crippen LogP contribution in [0.4, 0.5) is 11.9 Å². The normalized spacial score (nSPS) is 16.2. The molecule has 0 unspecified atom stereocenters. The van der Waals surface area contributed by atoms with E-state index >= 15 is 0 Å². The molecule has 0 amide bonds. The number of morpholine rings is 1. The minimum Gasteiger partial charge on any atom is -0.378 e. The van der Waals surface area contributed by atoms with Gasteiger partial charge in [-0.3, -0.25) is 0 Å². The van der Waals surface area contributed by atoms with Gasteiger partial charge < -0.3 is 15.0 Å². The smallest absolute Gasteiger partial charge is 0.231 e. The largest absolute Gasteiger partial charge is 0.378 e. The molecule has 0 bridgehead atoms. The van der Waals surface area contributed by atoms with E-state index in [1.807, 2.05) is 11.8 Å². The first-order valence-corrected chi connectivity index (χ1v) is 5.65. The molecule has 7 heteroatoms. The number of aromatic nitrogens is 3. The lowest BCUT2D eigenvalue weighted by Gasteiger charge is -2.26. The number of halogens is 1. The first-order chi connectivity index (χ1) is 7.79. The van der Waals surface area contributed by atoms with Gasteiger partial charge in [0.05, 0.1) is 13.2 Å². The van der Waals surface area contributed by atoms with Gasteiger partial charge >= 0.3 is 0 Å². The molecule has 88 valence electrons. The SMILES string of the molecule is CCNc1nc(Cl)nc(N2CCOCC2)n1. The van der Waals surface area contributed by atoms with Gasteiger partial charge in [0.1, 0.15) is 0 Å². The number of rotatable bonds is 3. The van der Waals surface area contributed by atoms with Crippen molar-refractivity contribution < 1.29 is 4.74 Å². The van der Waals surface area contributed by atoms with Crippen molar-refractivity contribution in [3.8, 4) is 0 Å². The maximum Gasteiger partial charge on any atom is 0.231 e. The maximum atomic E-state index is 5.84. The fourth-order valence-corrected chi connectivity index (χ4v) is 1.64. The Morgan fingerprint density at radius 1 is 1.31 bits per heavy atom. The third kappa shape index (κ3) is 2.70. The summed E-state index contributed by atoms with van der Waals surface area (Å²) in [5.41, 5.74) is 0. The van der Waals surface area contributed by atoms with Gasteiger partial charge in [0.2, 0.25) is 17.2 Å². The Labute approximate surface area is 99.0 Å². The van der Waals surface area contributed by atoms with E-state index in [4.69, 9.17) is 16.3 Å². The van der Waals surface area contributed by atoms with Gasteiger partial charge in [-0.1, -0.05) is 0 Å². The van der Waals surface area contributed by atoms with Crippen LogP contribution in [0.5, 0.6) is 0 Å². The molecule has 1 N–H and O–H groups in total. The second-order valence-electron chi connectivity index (χ2n) is 3.36. The zero-order valence-electron chi connectivity index (χ0n) is 9.11. The van der Waals surface area contributed by atoms with E-state index in [0.29, 0.717) is 25.1 Å². The van der Waals surface area contributed by atoms with Crippen molar-refractivity contribution in [2.24, 2.45) is 0 Å². The molecule has 1 fully saturated rings. The van der Waals surface area contributed by atoms with Crippen molar-refractivity contribution in [3.63, 3.8) is 0 Å². The van der Waals surface area contributed by atoms with Crippen LogP contribution in [0.1, 0.15) is 6.92 Å². The van der Waals surface area contributed by atoms with Crippen LogP contribution in [-0.2, 0) is 4.74 Å². The fourth-order valence-electron chi connectivity index (χ4n) is 1.48. The van der Waals surface area contributed by atoms with Gasteiger partial charge in [0.15, 0.2) is 0 Å². The van der Waals surface area contributed by atoms with Crippen molar-refractivity contribution in [1.82, 2.24) is 15.0 Å². The highest BCUT2D eigenvalue weighted by molar-refractivity contribution is 6.28. The van der Waals surface area contributed by atoms with Crippen LogP contribution in [-0.4, -0.2) is 47.8 Å². The molecular weight excluding hydrogens is 230 g/mol. The summed E-state index contributed by atoms with van der Waals surface area (Å²) in [4.78, 5) is 14.4. The molecule has 0 aromatic carbocycles. The number of anilines is 2. The van der Waals surface area contributed by atoms with E-state index in [9.17, 15) is 0 Å². The highest BCUT2D eigenvalue weighted by atomic mass is 35.5. The van der Waals surface area contributed by atoms with Crippen LogP contribution >= 0.6 is 11.6 Å². The standard InChI is InChI=1S/C9H14ClN5O/c1-2-11-8-12-7(10)13-9(14-8)15-3-5-16-6-4-15/h2-6H2,1H3,(H,11,12,13,14). The molecule has 0 radical (unpaired) electrons. The summed E-state index contributed by atoms with van der Waals surface area (Å²) < 4.78 is 5.27. The second-order valence-corrected chi connectivity index (χ2v) is 3.70. The van der Waals surface area contributed by atoms with Crippen molar-refractivity contribution in [1.29, 1.82) is 0 Å². The summed E-state index contributed by atoms with van der Waals surface area (Å²) in [5, 5.41) is 3.24. The maximum absolute atomic E-state index is 5.84. The minimum absolute atomic E-state index is 0.215. The number of hydrogen-bond acceptors (Lipinski definition) is 6. The van der Waals surface area contributed by atoms with E-state index in [-0.39, 0.29) is 5.28 Å². The molecule has 1 aliphatic heterocycles. The van der Waals surface area contributed by atoms with Gasteiger partial charge in [0.25, 0.3) is 0 Å². The molecule has 0 aliphatic carbocycles. The van der Waals surface area contributed by atoms with Crippen LogP contribution in [0.2, 0.25) is 5.28 Å². The first kappa shape index (κ1) is 11.3. The molecule has 1 aromatic heterocycles. The van der Waals surface area contributed by atoms with Gasteiger partial charge in [-0.25, -0.2) is 0 Å². The van der Waals surface area contributed by atoms with E-state index in [1.165, 1.54) is 0 Å². The Kier molecular flexibility index (Phi) is 3.74. The van der Waals surface area contributed by atoms with E-state index in [1.54, 1.807) is 0 Å². The Morgan fingerprint density at radius 3 is 2.75 bits per heavy atom. The topological polar surface area (TPSA) is 63.2 Å². The highest BCUT2D eigenvalue weighted by Gasteiger charge is 2.15. The van der Waals surface area contributed by atoms with E-state index < -0.39 is 0 Å². The van der Waals surface area contributed by atoms with E-state index in [0.717, 1.165) is 19.6 Å². The summed E-state index contributed by atoms with van der Waals surface area (Å²) in [6.45, 7) is 5.69. The van der Waals surface area contributed by atoms with Crippen LogP contribution in [0.25, 0.3) is 0 Å². The molecule has 1 aliphatic rings. The number of ether oxygens (including phenoxy) is 1. The van der Waals surface area contributed by atoms with Gasteiger partial charge in [-0.15, -0.1) is 0 Å². The highest BCUT2D eigenvalue weighted by Crippen LogP contribution is 2.14. The molecule has 0 atom stereocenters.